The number of carbonyl (C=O) groups is 1. The van der Waals surface area contributed by atoms with Crippen LogP contribution in [0.2, 0.25) is 0 Å². The van der Waals surface area contributed by atoms with E-state index in [1.54, 1.807) is 6.07 Å². The maximum atomic E-state index is 12.6. The molecule has 2 heterocycles. The molecule has 138 valence electrons. The summed E-state index contributed by atoms with van der Waals surface area (Å²) in [5.41, 5.74) is 2.32. The molecule has 27 heavy (non-hydrogen) atoms. The Morgan fingerprint density at radius 3 is 2.37 bits per heavy atom. The van der Waals surface area contributed by atoms with E-state index in [-0.39, 0.29) is 11.3 Å². The van der Waals surface area contributed by atoms with Crippen molar-refractivity contribution >= 4 is 5.91 Å². The fraction of sp³-hybridized carbons (Fsp3) is 0.273. The SMILES string of the molecule is O=C(NCC1(c2ccccc2)CCOCC1)c1cc(-c2ccccc2)on1. The van der Waals surface area contributed by atoms with E-state index < -0.39 is 0 Å². The Kier molecular flexibility index (Phi) is 5.03. The van der Waals surface area contributed by atoms with Crippen molar-refractivity contribution in [1.29, 1.82) is 0 Å². The Bertz CT molecular complexity index is 884. The Labute approximate surface area is 158 Å². The summed E-state index contributed by atoms with van der Waals surface area (Å²) < 4.78 is 10.9. The summed E-state index contributed by atoms with van der Waals surface area (Å²) in [5.74, 6) is 0.368. The molecule has 3 aromatic rings. The van der Waals surface area contributed by atoms with Gasteiger partial charge in [0, 0.05) is 36.8 Å². The molecule has 1 fully saturated rings. The van der Waals surface area contributed by atoms with Crippen LogP contribution in [0.1, 0.15) is 28.9 Å². The molecule has 1 saturated heterocycles. The second kappa shape index (κ2) is 7.76. The number of carbonyl (C=O) groups excluding carboxylic acids is 1. The fourth-order valence-electron chi connectivity index (χ4n) is 3.58. The van der Waals surface area contributed by atoms with Gasteiger partial charge in [-0.1, -0.05) is 65.8 Å². The van der Waals surface area contributed by atoms with E-state index in [2.05, 4.69) is 22.6 Å². The van der Waals surface area contributed by atoms with Crippen LogP contribution in [0.4, 0.5) is 0 Å². The third-order valence-electron chi connectivity index (χ3n) is 5.22. The number of rotatable bonds is 5. The van der Waals surface area contributed by atoms with Gasteiger partial charge < -0.3 is 14.6 Å². The topological polar surface area (TPSA) is 64.4 Å². The summed E-state index contributed by atoms with van der Waals surface area (Å²) in [7, 11) is 0. The summed E-state index contributed by atoms with van der Waals surface area (Å²) >= 11 is 0. The first-order valence-electron chi connectivity index (χ1n) is 9.20. The molecule has 0 spiro atoms. The van der Waals surface area contributed by atoms with Gasteiger partial charge in [0.15, 0.2) is 11.5 Å². The Morgan fingerprint density at radius 1 is 1.00 bits per heavy atom. The maximum Gasteiger partial charge on any atom is 0.273 e. The van der Waals surface area contributed by atoms with Gasteiger partial charge in [0.1, 0.15) is 0 Å². The molecule has 1 N–H and O–H groups in total. The van der Waals surface area contributed by atoms with Gasteiger partial charge in [0.25, 0.3) is 5.91 Å². The zero-order chi connectivity index (χ0) is 18.5. The van der Waals surface area contributed by atoms with Crippen molar-refractivity contribution in [3.8, 4) is 11.3 Å². The third-order valence-corrected chi connectivity index (χ3v) is 5.22. The van der Waals surface area contributed by atoms with Crippen molar-refractivity contribution in [1.82, 2.24) is 10.5 Å². The smallest absolute Gasteiger partial charge is 0.273 e. The van der Waals surface area contributed by atoms with Gasteiger partial charge >= 0.3 is 0 Å². The van der Waals surface area contributed by atoms with E-state index in [4.69, 9.17) is 9.26 Å². The largest absolute Gasteiger partial charge is 0.381 e. The first-order valence-corrected chi connectivity index (χ1v) is 9.20. The molecule has 1 aliphatic rings. The molecule has 1 amide bonds. The van der Waals surface area contributed by atoms with E-state index in [0.717, 1.165) is 18.4 Å². The lowest BCUT2D eigenvalue weighted by Crippen LogP contribution is -2.44. The molecule has 0 aliphatic carbocycles. The van der Waals surface area contributed by atoms with Crippen molar-refractivity contribution < 1.29 is 14.1 Å². The zero-order valence-electron chi connectivity index (χ0n) is 15.1. The standard InChI is InChI=1S/C22H22N2O3/c25-21(19-15-20(27-24-19)17-7-3-1-4-8-17)23-16-22(11-13-26-14-12-22)18-9-5-2-6-10-18/h1-10,15H,11-14,16H2,(H,23,25). The van der Waals surface area contributed by atoms with Crippen molar-refractivity contribution in [2.75, 3.05) is 19.8 Å². The molecule has 0 bridgehead atoms. The molecule has 0 unspecified atom stereocenters. The number of ether oxygens (including phenoxy) is 1. The quantitative estimate of drug-likeness (QED) is 0.749. The molecule has 4 rings (SSSR count). The molecule has 0 radical (unpaired) electrons. The van der Waals surface area contributed by atoms with Crippen LogP contribution in [0.25, 0.3) is 11.3 Å². The number of benzene rings is 2. The zero-order valence-corrected chi connectivity index (χ0v) is 15.1. The van der Waals surface area contributed by atoms with Crippen molar-refractivity contribution in [3.63, 3.8) is 0 Å². The molecule has 0 saturated carbocycles. The van der Waals surface area contributed by atoms with Gasteiger partial charge in [-0.2, -0.15) is 0 Å². The molecule has 0 atom stereocenters. The minimum atomic E-state index is -0.220. The van der Waals surface area contributed by atoms with Crippen LogP contribution in [-0.4, -0.2) is 30.8 Å². The highest BCUT2D eigenvalue weighted by Gasteiger charge is 2.35. The Balaban J connectivity index is 1.48. The lowest BCUT2D eigenvalue weighted by atomic mass is 9.74. The van der Waals surface area contributed by atoms with Crippen LogP contribution in [-0.2, 0) is 10.2 Å². The average molecular weight is 362 g/mol. The number of nitrogens with zero attached hydrogens (tertiary/aromatic N) is 1. The van der Waals surface area contributed by atoms with Crippen molar-refractivity contribution in [3.05, 3.63) is 78.0 Å². The van der Waals surface area contributed by atoms with E-state index >= 15 is 0 Å². The van der Waals surface area contributed by atoms with E-state index in [9.17, 15) is 4.79 Å². The third kappa shape index (κ3) is 3.78. The number of aromatic nitrogens is 1. The van der Waals surface area contributed by atoms with Crippen LogP contribution in [0.5, 0.6) is 0 Å². The molecular formula is C22H22N2O3. The van der Waals surface area contributed by atoms with E-state index in [1.165, 1.54) is 5.56 Å². The normalized spacial score (nSPS) is 16.0. The first kappa shape index (κ1) is 17.5. The van der Waals surface area contributed by atoms with Crippen LogP contribution >= 0.6 is 0 Å². The second-order valence-corrected chi connectivity index (χ2v) is 6.88. The second-order valence-electron chi connectivity index (χ2n) is 6.88. The van der Waals surface area contributed by atoms with Crippen molar-refractivity contribution in [2.24, 2.45) is 0 Å². The summed E-state index contributed by atoms with van der Waals surface area (Å²) in [6, 6.07) is 21.7. The predicted octanol–water partition coefficient (Wildman–Crippen LogP) is 3.82. The van der Waals surface area contributed by atoms with Crippen LogP contribution < -0.4 is 5.32 Å². The molecule has 5 heteroatoms. The summed E-state index contributed by atoms with van der Waals surface area (Å²) in [4.78, 5) is 12.6. The van der Waals surface area contributed by atoms with Gasteiger partial charge in [-0.25, -0.2) is 0 Å². The lowest BCUT2D eigenvalue weighted by molar-refractivity contribution is 0.0486. The number of hydrogen-bond donors (Lipinski definition) is 1. The minimum absolute atomic E-state index is 0.110. The highest BCUT2D eigenvalue weighted by atomic mass is 16.5. The summed E-state index contributed by atoms with van der Waals surface area (Å²) in [5, 5.41) is 7.00. The molecule has 1 aliphatic heterocycles. The average Bonchev–Trinajstić information content (AvgIpc) is 3.24. The summed E-state index contributed by atoms with van der Waals surface area (Å²) in [6.45, 7) is 1.95. The Hall–Kier alpha value is -2.92. The highest BCUT2D eigenvalue weighted by molar-refractivity contribution is 5.93. The predicted molar refractivity (Wildman–Crippen MR) is 102 cm³/mol. The number of hydrogen-bond acceptors (Lipinski definition) is 4. The molecule has 2 aromatic carbocycles. The lowest BCUT2D eigenvalue weighted by Gasteiger charge is -2.37. The number of amides is 1. The van der Waals surface area contributed by atoms with Gasteiger partial charge in [-0.3, -0.25) is 4.79 Å². The minimum Gasteiger partial charge on any atom is -0.381 e. The monoisotopic (exact) mass is 362 g/mol. The van der Waals surface area contributed by atoms with Gasteiger partial charge in [-0.05, 0) is 18.4 Å². The first-order chi connectivity index (χ1) is 13.3. The van der Waals surface area contributed by atoms with Crippen molar-refractivity contribution in [2.45, 2.75) is 18.3 Å². The molecule has 1 aromatic heterocycles. The van der Waals surface area contributed by atoms with Gasteiger partial charge in [-0.15, -0.1) is 0 Å². The van der Waals surface area contributed by atoms with E-state index in [0.29, 0.717) is 31.2 Å². The maximum absolute atomic E-state index is 12.6. The van der Waals surface area contributed by atoms with Crippen LogP contribution in [0.3, 0.4) is 0 Å². The van der Waals surface area contributed by atoms with E-state index in [1.807, 2.05) is 48.5 Å². The molecular weight excluding hydrogens is 340 g/mol. The van der Waals surface area contributed by atoms with Crippen LogP contribution in [0.15, 0.2) is 71.3 Å². The Morgan fingerprint density at radius 2 is 1.67 bits per heavy atom. The van der Waals surface area contributed by atoms with Gasteiger partial charge in [0.2, 0.25) is 0 Å². The fourth-order valence-corrected chi connectivity index (χ4v) is 3.58. The van der Waals surface area contributed by atoms with Crippen LogP contribution in [0, 0.1) is 0 Å². The van der Waals surface area contributed by atoms with Gasteiger partial charge in [0.05, 0.1) is 0 Å². The highest BCUT2D eigenvalue weighted by Crippen LogP contribution is 2.34. The molecule has 5 nitrogen and oxygen atoms in total. The summed E-state index contributed by atoms with van der Waals surface area (Å²) in [6.07, 6.45) is 1.76. The number of nitrogens with one attached hydrogen (secondary N) is 1.